The number of nitrogens with one attached hydrogen (secondary N) is 4. The van der Waals surface area contributed by atoms with Gasteiger partial charge in [0, 0.05) is 6.42 Å². The van der Waals surface area contributed by atoms with Gasteiger partial charge in [-0.25, -0.2) is 0 Å². The maximum absolute atomic E-state index is 13.3. The van der Waals surface area contributed by atoms with Crippen molar-refractivity contribution in [3.05, 3.63) is 65.7 Å². The summed E-state index contributed by atoms with van der Waals surface area (Å²) < 4.78 is 41.0. The maximum Gasteiger partial charge on any atom is 0.573 e. The summed E-state index contributed by atoms with van der Waals surface area (Å²) in [5, 5.41) is 27.9. The molecule has 4 amide bonds. The monoisotopic (exact) mass is 594 g/mol. The summed E-state index contributed by atoms with van der Waals surface area (Å²) in [7, 11) is -1.77. The summed E-state index contributed by atoms with van der Waals surface area (Å²) in [6.07, 6.45) is -5.45. The molecule has 0 aliphatic carbocycles. The average molecular weight is 594 g/mol. The first-order valence-corrected chi connectivity index (χ1v) is 13.1. The normalized spacial score (nSPS) is 13.4. The van der Waals surface area contributed by atoms with Crippen LogP contribution in [0.5, 0.6) is 5.75 Å². The van der Waals surface area contributed by atoms with Crippen LogP contribution in [0.4, 0.5) is 13.2 Å². The zero-order chi connectivity index (χ0) is 31.4. The highest BCUT2D eigenvalue weighted by Crippen LogP contribution is 2.22. The number of carbonyl (C=O) groups excluding carboxylic acids is 4. The third-order valence-corrected chi connectivity index (χ3v) is 5.91. The largest absolute Gasteiger partial charge is 0.573 e. The van der Waals surface area contributed by atoms with Gasteiger partial charge < -0.3 is 36.1 Å². The number of benzene rings is 2. The van der Waals surface area contributed by atoms with E-state index < -0.39 is 73.3 Å². The zero-order valence-corrected chi connectivity index (χ0v) is 23.3. The van der Waals surface area contributed by atoms with Crippen LogP contribution in [-0.4, -0.2) is 71.7 Å². The van der Waals surface area contributed by atoms with Gasteiger partial charge in [0.05, 0.1) is 12.9 Å². The number of alkyl halides is 3. The Kier molecular flexibility index (Phi) is 12.8. The SMILES string of the molecule is CC(C)[C@H](NC(=O)Cc1ccc(OC(F)(F)F)cc1)C(=O)N[C@@H](Cc1ccccc1)C(=O)N[C@@H](C)C(=O)NCB(O)O. The van der Waals surface area contributed by atoms with Gasteiger partial charge in [-0.05, 0) is 36.1 Å². The molecule has 0 unspecified atom stereocenters. The minimum Gasteiger partial charge on any atom is -0.426 e. The quantitative estimate of drug-likeness (QED) is 0.175. The Labute approximate surface area is 241 Å². The van der Waals surface area contributed by atoms with E-state index in [0.717, 1.165) is 12.1 Å². The van der Waals surface area contributed by atoms with E-state index in [1.165, 1.54) is 19.1 Å². The summed E-state index contributed by atoms with van der Waals surface area (Å²) >= 11 is 0. The Bertz CT molecular complexity index is 1200. The minimum absolute atomic E-state index is 0.0627. The lowest BCUT2D eigenvalue weighted by Gasteiger charge is -2.26. The summed E-state index contributed by atoms with van der Waals surface area (Å²) in [5.41, 5.74) is 1.09. The molecule has 3 atom stereocenters. The number of carbonyl (C=O) groups is 4. The molecule has 2 aromatic rings. The van der Waals surface area contributed by atoms with Crippen LogP contribution < -0.4 is 26.0 Å². The molecule has 0 saturated heterocycles. The Morgan fingerprint density at radius 1 is 0.833 bits per heavy atom. The third-order valence-electron chi connectivity index (χ3n) is 5.91. The van der Waals surface area contributed by atoms with Crippen molar-refractivity contribution in [2.24, 2.45) is 5.92 Å². The van der Waals surface area contributed by atoms with Gasteiger partial charge in [0.25, 0.3) is 0 Å². The Balaban J connectivity index is 2.10. The molecule has 11 nitrogen and oxygen atoms in total. The van der Waals surface area contributed by atoms with Crippen LogP contribution in [-0.2, 0) is 32.0 Å². The highest BCUT2D eigenvalue weighted by molar-refractivity contribution is 6.41. The van der Waals surface area contributed by atoms with Crippen LogP contribution in [0.1, 0.15) is 31.9 Å². The fourth-order valence-corrected chi connectivity index (χ4v) is 3.80. The molecule has 15 heteroatoms. The number of hydrogen-bond donors (Lipinski definition) is 6. The van der Waals surface area contributed by atoms with Gasteiger partial charge in [0.1, 0.15) is 23.9 Å². The Hall–Kier alpha value is -4.11. The molecular formula is C27H34BF3N4O7. The van der Waals surface area contributed by atoms with Crippen molar-refractivity contribution in [3.63, 3.8) is 0 Å². The van der Waals surface area contributed by atoms with E-state index in [4.69, 9.17) is 10.0 Å². The molecule has 0 aliphatic heterocycles. The van der Waals surface area contributed by atoms with Gasteiger partial charge in [0.15, 0.2) is 0 Å². The van der Waals surface area contributed by atoms with Crippen LogP contribution in [0.3, 0.4) is 0 Å². The average Bonchev–Trinajstić information content (AvgIpc) is 2.90. The summed E-state index contributed by atoms with van der Waals surface area (Å²) in [5.74, 6) is -3.45. The second-order valence-electron chi connectivity index (χ2n) is 9.86. The molecule has 228 valence electrons. The van der Waals surface area contributed by atoms with E-state index in [1.807, 2.05) is 0 Å². The van der Waals surface area contributed by atoms with Crippen molar-refractivity contribution >= 4 is 30.7 Å². The lowest BCUT2D eigenvalue weighted by Crippen LogP contribution is -2.58. The fraction of sp³-hybridized carbons (Fsp3) is 0.407. The number of amides is 4. The maximum atomic E-state index is 13.3. The third kappa shape index (κ3) is 12.2. The molecule has 2 aromatic carbocycles. The zero-order valence-electron chi connectivity index (χ0n) is 23.3. The van der Waals surface area contributed by atoms with Crippen molar-refractivity contribution in [1.82, 2.24) is 21.3 Å². The molecule has 0 radical (unpaired) electrons. The number of hydrogen-bond acceptors (Lipinski definition) is 7. The first kappa shape index (κ1) is 34.1. The molecule has 0 fully saturated rings. The van der Waals surface area contributed by atoms with E-state index in [-0.39, 0.29) is 12.8 Å². The molecule has 0 bridgehead atoms. The molecule has 0 aliphatic rings. The van der Waals surface area contributed by atoms with Crippen molar-refractivity contribution in [3.8, 4) is 5.75 Å². The van der Waals surface area contributed by atoms with Crippen molar-refractivity contribution in [2.45, 2.75) is 58.1 Å². The smallest absolute Gasteiger partial charge is 0.426 e. The molecule has 0 spiro atoms. The molecule has 0 heterocycles. The lowest BCUT2D eigenvalue weighted by molar-refractivity contribution is -0.274. The van der Waals surface area contributed by atoms with Crippen LogP contribution in [0.15, 0.2) is 54.6 Å². The number of rotatable bonds is 14. The van der Waals surface area contributed by atoms with Crippen LogP contribution >= 0.6 is 0 Å². The molecule has 2 rings (SSSR count). The number of halogens is 3. The molecule has 0 aromatic heterocycles. The summed E-state index contributed by atoms with van der Waals surface area (Å²) in [4.78, 5) is 51.3. The second-order valence-corrected chi connectivity index (χ2v) is 9.86. The van der Waals surface area contributed by atoms with Crippen molar-refractivity contribution in [2.75, 3.05) is 6.44 Å². The highest BCUT2D eigenvalue weighted by atomic mass is 19.4. The molecular weight excluding hydrogens is 560 g/mol. The molecule has 42 heavy (non-hydrogen) atoms. The van der Waals surface area contributed by atoms with E-state index in [0.29, 0.717) is 11.1 Å². The van der Waals surface area contributed by atoms with E-state index in [9.17, 15) is 32.3 Å². The number of ether oxygens (including phenoxy) is 1. The van der Waals surface area contributed by atoms with E-state index in [2.05, 4.69) is 26.0 Å². The summed E-state index contributed by atoms with van der Waals surface area (Å²) in [6.45, 7) is 4.75. The van der Waals surface area contributed by atoms with Gasteiger partial charge in [-0.1, -0.05) is 56.3 Å². The predicted molar refractivity (Wildman–Crippen MR) is 146 cm³/mol. The summed E-state index contributed by atoms with van der Waals surface area (Å²) in [6, 6.07) is 10.2. The van der Waals surface area contributed by atoms with Gasteiger partial charge >= 0.3 is 13.5 Å². The van der Waals surface area contributed by atoms with Gasteiger partial charge in [-0.3, -0.25) is 19.2 Å². The van der Waals surface area contributed by atoms with E-state index >= 15 is 0 Å². The minimum atomic E-state index is -4.85. The first-order valence-electron chi connectivity index (χ1n) is 13.1. The van der Waals surface area contributed by atoms with Gasteiger partial charge in [-0.15, -0.1) is 13.2 Å². The first-order chi connectivity index (χ1) is 19.6. The predicted octanol–water partition coefficient (Wildman–Crippen LogP) is 0.629. The molecule has 6 N–H and O–H groups in total. The fourth-order valence-electron chi connectivity index (χ4n) is 3.80. The van der Waals surface area contributed by atoms with Crippen LogP contribution in [0, 0.1) is 5.92 Å². The Morgan fingerprint density at radius 3 is 2.00 bits per heavy atom. The standard InChI is InChI=1S/C27H34BF3N4O7/c1-16(2)23(35-22(36)14-19-9-11-20(12-10-19)42-27(29,30)31)26(39)34-21(13-18-7-5-4-6-8-18)25(38)33-17(3)24(37)32-15-28(40)41/h4-12,16-17,21,23,40-41H,13-15H2,1-3H3,(H,32,37)(H,33,38)(H,34,39)(H,35,36)/t17-,21-,23-/m0/s1. The topological polar surface area (TPSA) is 166 Å². The van der Waals surface area contributed by atoms with Gasteiger partial charge in [0.2, 0.25) is 23.6 Å². The highest BCUT2D eigenvalue weighted by Gasteiger charge is 2.32. The van der Waals surface area contributed by atoms with Crippen LogP contribution in [0.25, 0.3) is 0 Å². The van der Waals surface area contributed by atoms with E-state index in [1.54, 1.807) is 44.2 Å². The van der Waals surface area contributed by atoms with Crippen molar-refractivity contribution < 1.29 is 47.1 Å². The van der Waals surface area contributed by atoms with Gasteiger partial charge in [-0.2, -0.15) is 0 Å². The second kappa shape index (κ2) is 15.8. The van der Waals surface area contributed by atoms with Crippen molar-refractivity contribution in [1.29, 1.82) is 0 Å². The lowest BCUT2D eigenvalue weighted by atomic mass is 9.92. The Morgan fingerprint density at radius 2 is 1.45 bits per heavy atom. The molecule has 0 saturated carbocycles. The van der Waals surface area contributed by atoms with Crippen LogP contribution in [0.2, 0.25) is 0 Å².